The Hall–Kier alpha value is -0.490. The highest BCUT2D eigenvalue weighted by Crippen LogP contribution is 2.15. The lowest BCUT2D eigenvalue weighted by Crippen LogP contribution is -3.00. The zero-order valence-corrected chi connectivity index (χ0v) is 18.0. The van der Waals surface area contributed by atoms with E-state index in [1.54, 1.807) is 0 Å². The number of halogens is 2. The second-order valence-electron chi connectivity index (χ2n) is 5.84. The number of aryl methyl sites for hydroxylation is 2. The zero-order chi connectivity index (χ0) is 14.9. The van der Waals surface area contributed by atoms with Crippen LogP contribution < -0.4 is 50.1 Å². The average molecular weight is 491 g/mol. The number of unbranched alkanes of at least 4 members (excludes halogenated alkanes) is 5. The SMILES string of the molecule is CCCCCCCC[n+]1ccc(-c2cc[n+](C)cc2)cc1.[Br-].[I-]. The van der Waals surface area contributed by atoms with Gasteiger partial charge in [-0.2, -0.15) is 0 Å². The van der Waals surface area contributed by atoms with Crippen molar-refractivity contribution in [2.45, 2.75) is 52.0 Å². The van der Waals surface area contributed by atoms with Crippen LogP contribution in [0.25, 0.3) is 11.1 Å². The molecule has 0 unspecified atom stereocenters. The molecule has 0 fully saturated rings. The molecule has 4 heteroatoms. The molecule has 0 spiro atoms. The van der Waals surface area contributed by atoms with E-state index >= 15 is 0 Å². The van der Waals surface area contributed by atoms with E-state index in [0.29, 0.717) is 0 Å². The minimum atomic E-state index is 0. The summed E-state index contributed by atoms with van der Waals surface area (Å²) in [5.41, 5.74) is 2.56. The number of aromatic nitrogens is 2. The summed E-state index contributed by atoms with van der Waals surface area (Å²) in [6.07, 6.45) is 16.7. The van der Waals surface area contributed by atoms with Gasteiger partial charge in [0.25, 0.3) is 0 Å². The summed E-state index contributed by atoms with van der Waals surface area (Å²) in [4.78, 5) is 0. The first-order chi connectivity index (χ1) is 10.3. The quantitative estimate of drug-likeness (QED) is 0.226. The molecule has 0 aromatic carbocycles. The van der Waals surface area contributed by atoms with Gasteiger partial charge in [0.15, 0.2) is 24.8 Å². The normalized spacial score (nSPS) is 9.83. The Morgan fingerprint density at radius 2 is 1.22 bits per heavy atom. The van der Waals surface area contributed by atoms with E-state index in [1.165, 1.54) is 49.7 Å². The average Bonchev–Trinajstić information content (AvgIpc) is 2.52. The minimum absolute atomic E-state index is 0. The van der Waals surface area contributed by atoms with Gasteiger partial charge in [0, 0.05) is 30.7 Å². The van der Waals surface area contributed by atoms with Crippen molar-refractivity contribution in [1.29, 1.82) is 0 Å². The van der Waals surface area contributed by atoms with Crippen molar-refractivity contribution in [3.63, 3.8) is 0 Å². The van der Waals surface area contributed by atoms with Crippen LogP contribution in [-0.4, -0.2) is 0 Å². The summed E-state index contributed by atoms with van der Waals surface area (Å²) in [6.45, 7) is 3.40. The Kier molecular flexibility index (Phi) is 12.6. The standard InChI is InChI=1S/C19H28N2.BrH.HI/c1-3-4-5-6-7-8-13-21-16-11-19(12-17-21)18-9-14-20(2)15-10-18;;/h9-12,14-17H,3-8,13H2,1-2H3;2*1H/q+2;;/p-2. The monoisotopic (exact) mass is 490 g/mol. The van der Waals surface area contributed by atoms with Gasteiger partial charge >= 0.3 is 0 Å². The van der Waals surface area contributed by atoms with Gasteiger partial charge < -0.3 is 41.0 Å². The Morgan fingerprint density at radius 1 is 0.739 bits per heavy atom. The molecule has 0 aliphatic carbocycles. The number of hydrogen-bond acceptors (Lipinski definition) is 0. The maximum Gasteiger partial charge on any atom is 0.169 e. The molecular weight excluding hydrogens is 463 g/mol. The third kappa shape index (κ3) is 8.25. The van der Waals surface area contributed by atoms with Crippen LogP contribution in [-0.2, 0) is 13.6 Å². The van der Waals surface area contributed by atoms with Gasteiger partial charge in [-0.15, -0.1) is 0 Å². The van der Waals surface area contributed by atoms with Gasteiger partial charge in [0.05, 0.1) is 0 Å². The Balaban J connectivity index is 0.00000242. The molecule has 128 valence electrons. The number of rotatable bonds is 8. The first kappa shape index (κ1) is 22.5. The summed E-state index contributed by atoms with van der Waals surface area (Å²) in [7, 11) is 2.04. The minimum Gasteiger partial charge on any atom is -1.00 e. The van der Waals surface area contributed by atoms with Crippen molar-refractivity contribution in [2.75, 3.05) is 0 Å². The van der Waals surface area contributed by atoms with E-state index in [-0.39, 0.29) is 41.0 Å². The van der Waals surface area contributed by atoms with E-state index in [9.17, 15) is 0 Å². The van der Waals surface area contributed by atoms with E-state index in [2.05, 4.69) is 65.1 Å². The van der Waals surface area contributed by atoms with Gasteiger partial charge in [0.1, 0.15) is 13.6 Å². The highest BCUT2D eigenvalue weighted by atomic mass is 127. The fourth-order valence-electron chi connectivity index (χ4n) is 2.57. The van der Waals surface area contributed by atoms with Crippen LogP contribution in [0.2, 0.25) is 0 Å². The van der Waals surface area contributed by atoms with E-state index in [1.807, 2.05) is 7.05 Å². The molecule has 2 nitrogen and oxygen atoms in total. The molecule has 2 aromatic rings. The van der Waals surface area contributed by atoms with Crippen molar-refractivity contribution in [3.8, 4) is 11.1 Å². The molecule has 0 saturated carbocycles. The molecule has 0 amide bonds. The number of hydrogen-bond donors (Lipinski definition) is 0. The summed E-state index contributed by atoms with van der Waals surface area (Å²) >= 11 is 0. The van der Waals surface area contributed by atoms with Crippen LogP contribution in [0.5, 0.6) is 0 Å². The van der Waals surface area contributed by atoms with Gasteiger partial charge in [0.2, 0.25) is 0 Å². The van der Waals surface area contributed by atoms with Crippen LogP contribution >= 0.6 is 0 Å². The Bertz CT molecular complexity index is 526. The van der Waals surface area contributed by atoms with E-state index in [4.69, 9.17) is 0 Å². The first-order valence-corrected chi connectivity index (χ1v) is 8.24. The van der Waals surface area contributed by atoms with E-state index in [0.717, 1.165) is 6.54 Å². The molecule has 0 atom stereocenters. The topological polar surface area (TPSA) is 7.76 Å². The maximum atomic E-state index is 2.30. The lowest BCUT2D eigenvalue weighted by molar-refractivity contribution is -0.697. The van der Waals surface area contributed by atoms with Gasteiger partial charge in [-0.1, -0.05) is 32.6 Å². The number of nitrogens with zero attached hydrogens (tertiary/aromatic N) is 2. The lowest BCUT2D eigenvalue weighted by atomic mass is 10.1. The van der Waals surface area contributed by atoms with Gasteiger partial charge in [-0.25, -0.2) is 9.13 Å². The van der Waals surface area contributed by atoms with Crippen molar-refractivity contribution >= 4 is 0 Å². The Labute approximate surface area is 168 Å². The molecule has 2 aromatic heterocycles. The molecule has 2 heterocycles. The van der Waals surface area contributed by atoms with Crippen molar-refractivity contribution in [3.05, 3.63) is 49.1 Å². The number of pyridine rings is 2. The van der Waals surface area contributed by atoms with Crippen LogP contribution in [0.15, 0.2) is 49.1 Å². The second kappa shape index (κ2) is 12.9. The summed E-state index contributed by atoms with van der Waals surface area (Å²) in [6, 6.07) is 8.75. The fourth-order valence-corrected chi connectivity index (χ4v) is 2.57. The lowest BCUT2D eigenvalue weighted by Gasteiger charge is -2.01. The molecule has 0 saturated heterocycles. The second-order valence-corrected chi connectivity index (χ2v) is 5.84. The Morgan fingerprint density at radius 3 is 1.78 bits per heavy atom. The predicted octanol–water partition coefficient (Wildman–Crippen LogP) is -2.17. The summed E-state index contributed by atoms with van der Waals surface area (Å²) < 4.78 is 4.36. The predicted molar refractivity (Wildman–Crippen MR) is 86.6 cm³/mol. The third-order valence-corrected chi connectivity index (χ3v) is 3.97. The van der Waals surface area contributed by atoms with E-state index < -0.39 is 0 Å². The summed E-state index contributed by atoms with van der Waals surface area (Å²) in [5.74, 6) is 0. The van der Waals surface area contributed by atoms with Gasteiger partial charge in [-0.3, -0.25) is 0 Å². The smallest absolute Gasteiger partial charge is 0.169 e. The van der Waals surface area contributed by atoms with Crippen LogP contribution in [0, 0.1) is 0 Å². The first-order valence-electron chi connectivity index (χ1n) is 8.24. The molecule has 0 N–H and O–H groups in total. The molecule has 0 aliphatic rings. The molecule has 0 aliphatic heterocycles. The largest absolute Gasteiger partial charge is 1.00 e. The van der Waals surface area contributed by atoms with Crippen molar-refractivity contribution in [2.24, 2.45) is 7.05 Å². The van der Waals surface area contributed by atoms with Crippen LogP contribution in [0.3, 0.4) is 0 Å². The van der Waals surface area contributed by atoms with Gasteiger partial charge in [-0.05, 0) is 17.5 Å². The fraction of sp³-hybridized carbons (Fsp3) is 0.474. The van der Waals surface area contributed by atoms with Crippen molar-refractivity contribution < 1.29 is 50.1 Å². The third-order valence-electron chi connectivity index (χ3n) is 3.97. The highest BCUT2D eigenvalue weighted by molar-refractivity contribution is 5.60. The summed E-state index contributed by atoms with van der Waals surface area (Å²) in [5, 5.41) is 0. The molecule has 0 bridgehead atoms. The molecule has 2 rings (SSSR count). The molecular formula is C19H28BrIN2. The highest BCUT2D eigenvalue weighted by Gasteiger charge is 2.04. The maximum absolute atomic E-state index is 2.30. The van der Waals surface area contributed by atoms with Crippen LogP contribution in [0.1, 0.15) is 45.4 Å². The van der Waals surface area contributed by atoms with Crippen molar-refractivity contribution in [1.82, 2.24) is 0 Å². The van der Waals surface area contributed by atoms with Crippen LogP contribution in [0.4, 0.5) is 0 Å². The zero-order valence-electron chi connectivity index (χ0n) is 14.2. The molecule has 0 radical (unpaired) electrons. The molecule has 23 heavy (non-hydrogen) atoms.